The molecule has 0 atom stereocenters. The van der Waals surface area contributed by atoms with Gasteiger partial charge in [0, 0.05) is 28.0 Å². The molecule has 0 saturated carbocycles. The molecule has 5 nitrogen and oxygen atoms in total. The second-order valence-electron chi connectivity index (χ2n) is 7.89. The van der Waals surface area contributed by atoms with E-state index in [1.807, 2.05) is 12.4 Å². The molecule has 3 aromatic heterocycles. The molecule has 4 heterocycles. The molecule has 4 aromatic rings. The highest BCUT2D eigenvalue weighted by atomic mass is 35.5. The molecule has 0 amide bonds. The number of hydrogen-bond donors (Lipinski definition) is 3. The number of nitrogens with zero attached hydrogens (tertiary/aromatic N) is 2. The van der Waals surface area contributed by atoms with Gasteiger partial charge >= 0.3 is 0 Å². The minimum Gasteiger partial charge on any atom is -0.354 e. The molecule has 0 aliphatic carbocycles. The van der Waals surface area contributed by atoms with E-state index in [1.54, 1.807) is 0 Å². The average Bonchev–Trinajstić information content (AvgIpc) is 3.32. The van der Waals surface area contributed by atoms with Gasteiger partial charge < -0.3 is 10.3 Å². The number of piperidine rings is 1. The van der Waals surface area contributed by atoms with Gasteiger partial charge in [0.2, 0.25) is 0 Å². The van der Waals surface area contributed by atoms with Gasteiger partial charge in [0.15, 0.2) is 5.65 Å². The molecule has 0 unspecified atom stereocenters. The molecule has 3 N–H and O–H groups in total. The quantitative estimate of drug-likeness (QED) is 0.451. The molecule has 1 saturated heterocycles. The van der Waals surface area contributed by atoms with E-state index in [9.17, 15) is 0 Å². The Morgan fingerprint density at radius 3 is 2.68 bits per heavy atom. The predicted octanol–water partition coefficient (Wildman–Crippen LogP) is 5.12. The smallest absolute Gasteiger partial charge is 0.155 e. The number of aromatic nitrogens is 4. The van der Waals surface area contributed by atoms with Crippen LogP contribution in [0.1, 0.15) is 49.7 Å². The maximum absolute atomic E-state index is 4.39. The second-order valence-corrected chi connectivity index (χ2v) is 7.89. The topological polar surface area (TPSA) is 69.4 Å². The third-order valence-electron chi connectivity index (χ3n) is 5.87. The largest absolute Gasteiger partial charge is 0.354 e. The van der Waals surface area contributed by atoms with E-state index in [4.69, 9.17) is 0 Å². The third-order valence-corrected chi connectivity index (χ3v) is 5.87. The summed E-state index contributed by atoms with van der Waals surface area (Å²) in [5.41, 5.74) is 7.25. The number of fused-ring (bicyclic) bond motifs is 2. The Hall–Kier alpha value is -2.37. The number of halogens is 1. The first-order chi connectivity index (χ1) is 13.2. The number of aromatic amines is 2. The first-order valence-corrected chi connectivity index (χ1v) is 9.87. The summed E-state index contributed by atoms with van der Waals surface area (Å²) in [5.74, 6) is 1.09. The highest BCUT2D eigenvalue weighted by molar-refractivity contribution is 5.98. The van der Waals surface area contributed by atoms with Gasteiger partial charge in [0.25, 0.3) is 0 Å². The Labute approximate surface area is 170 Å². The number of rotatable bonds is 3. The number of benzene rings is 1. The molecule has 0 bridgehead atoms. The molecule has 28 heavy (non-hydrogen) atoms. The molecule has 1 aliphatic rings. The zero-order valence-corrected chi connectivity index (χ0v) is 17.1. The summed E-state index contributed by atoms with van der Waals surface area (Å²) in [7, 11) is 0. The van der Waals surface area contributed by atoms with Gasteiger partial charge in [-0.3, -0.25) is 5.10 Å². The number of hydrogen-bond acceptors (Lipinski definition) is 3. The molecular weight excluding hydrogens is 370 g/mol. The van der Waals surface area contributed by atoms with E-state index < -0.39 is 0 Å². The van der Waals surface area contributed by atoms with Crippen LogP contribution >= 0.6 is 12.4 Å². The Bertz CT molecular complexity index is 1100. The van der Waals surface area contributed by atoms with Crippen LogP contribution in [0.25, 0.3) is 33.2 Å². The minimum absolute atomic E-state index is 0. The first kappa shape index (κ1) is 19.0. The van der Waals surface area contributed by atoms with E-state index in [-0.39, 0.29) is 12.4 Å². The van der Waals surface area contributed by atoms with Crippen LogP contribution in [0.2, 0.25) is 0 Å². The lowest BCUT2D eigenvalue weighted by molar-refractivity contribution is 0.460. The van der Waals surface area contributed by atoms with Crippen LogP contribution in [-0.4, -0.2) is 33.3 Å². The highest BCUT2D eigenvalue weighted by Crippen LogP contribution is 2.39. The maximum atomic E-state index is 4.39. The molecule has 5 rings (SSSR count). The van der Waals surface area contributed by atoms with Gasteiger partial charge in [-0.2, -0.15) is 5.10 Å². The highest BCUT2D eigenvalue weighted by Gasteiger charge is 2.21. The molecule has 0 radical (unpaired) electrons. The molecule has 1 aromatic carbocycles. The van der Waals surface area contributed by atoms with Crippen molar-refractivity contribution < 1.29 is 0 Å². The van der Waals surface area contributed by atoms with Gasteiger partial charge in [-0.05, 0) is 67.1 Å². The fourth-order valence-electron chi connectivity index (χ4n) is 4.52. The summed E-state index contributed by atoms with van der Waals surface area (Å²) in [5, 5.41) is 13.0. The Kier molecular flexibility index (Phi) is 5.13. The van der Waals surface area contributed by atoms with Crippen molar-refractivity contribution >= 4 is 34.3 Å². The van der Waals surface area contributed by atoms with Crippen molar-refractivity contribution in [3.63, 3.8) is 0 Å². The summed E-state index contributed by atoms with van der Waals surface area (Å²) in [6, 6.07) is 9.08. The number of H-pyrrole nitrogens is 2. The SMILES string of the molecule is CC(C)c1c(-c2ccnc3[nH]ncc23)[nH]c2ccc(C3CCNCC3)cc12.Cl. The van der Waals surface area contributed by atoms with E-state index in [0.29, 0.717) is 11.8 Å². The molecule has 1 aliphatic heterocycles. The summed E-state index contributed by atoms with van der Waals surface area (Å²) in [6.07, 6.45) is 6.17. The third kappa shape index (κ3) is 3.09. The molecule has 1 fully saturated rings. The zero-order chi connectivity index (χ0) is 18.4. The normalized spacial score (nSPS) is 15.4. The van der Waals surface area contributed by atoms with Crippen molar-refractivity contribution in [2.45, 2.75) is 38.5 Å². The fourth-order valence-corrected chi connectivity index (χ4v) is 4.52. The second kappa shape index (κ2) is 7.57. The van der Waals surface area contributed by atoms with E-state index in [2.05, 4.69) is 63.6 Å². The van der Waals surface area contributed by atoms with Crippen molar-refractivity contribution in [2.24, 2.45) is 0 Å². The van der Waals surface area contributed by atoms with Crippen LogP contribution in [0.5, 0.6) is 0 Å². The first-order valence-electron chi connectivity index (χ1n) is 9.87. The van der Waals surface area contributed by atoms with Crippen LogP contribution in [0.3, 0.4) is 0 Å². The lowest BCUT2D eigenvalue weighted by Crippen LogP contribution is -2.26. The van der Waals surface area contributed by atoms with Crippen LogP contribution < -0.4 is 5.32 Å². The number of pyridine rings is 1. The van der Waals surface area contributed by atoms with Crippen LogP contribution in [0.15, 0.2) is 36.7 Å². The monoisotopic (exact) mass is 395 g/mol. The summed E-state index contributed by atoms with van der Waals surface area (Å²) in [4.78, 5) is 8.09. The van der Waals surface area contributed by atoms with Crippen molar-refractivity contribution in [1.82, 2.24) is 25.5 Å². The van der Waals surface area contributed by atoms with Gasteiger partial charge in [0.1, 0.15) is 0 Å². The van der Waals surface area contributed by atoms with E-state index >= 15 is 0 Å². The van der Waals surface area contributed by atoms with Crippen LogP contribution in [-0.2, 0) is 0 Å². The standard InChI is InChI=1S/C22H25N5.ClH/c1-13(2)20-17-11-15(14-5-8-23-9-6-14)3-4-19(17)26-21(20)16-7-10-24-22-18(16)12-25-27-22;/h3-4,7,10-14,23,26H,5-6,8-9H2,1-2H3,(H,24,25,27);1H. The van der Waals surface area contributed by atoms with Gasteiger partial charge in [-0.1, -0.05) is 19.9 Å². The van der Waals surface area contributed by atoms with Crippen LogP contribution in [0.4, 0.5) is 0 Å². The zero-order valence-electron chi connectivity index (χ0n) is 16.2. The predicted molar refractivity (Wildman–Crippen MR) is 117 cm³/mol. The van der Waals surface area contributed by atoms with Crippen molar-refractivity contribution in [1.29, 1.82) is 0 Å². The molecular formula is C22H26ClN5. The van der Waals surface area contributed by atoms with Crippen molar-refractivity contribution in [3.8, 4) is 11.3 Å². The van der Waals surface area contributed by atoms with Gasteiger partial charge in [0.05, 0.1) is 11.9 Å². The van der Waals surface area contributed by atoms with Crippen LogP contribution in [0, 0.1) is 0 Å². The minimum atomic E-state index is 0. The summed E-state index contributed by atoms with van der Waals surface area (Å²) in [6.45, 7) is 6.79. The van der Waals surface area contributed by atoms with Crippen molar-refractivity contribution in [3.05, 3.63) is 47.8 Å². The Morgan fingerprint density at radius 1 is 1.07 bits per heavy atom. The lowest BCUT2D eigenvalue weighted by atomic mass is 9.88. The number of nitrogens with one attached hydrogen (secondary N) is 3. The molecule has 0 spiro atoms. The van der Waals surface area contributed by atoms with Gasteiger partial charge in [-0.25, -0.2) is 4.98 Å². The lowest BCUT2D eigenvalue weighted by Gasteiger charge is -2.23. The van der Waals surface area contributed by atoms with Gasteiger partial charge in [-0.15, -0.1) is 12.4 Å². The Morgan fingerprint density at radius 2 is 1.89 bits per heavy atom. The van der Waals surface area contributed by atoms with E-state index in [1.165, 1.54) is 40.6 Å². The van der Waals surface area contributed by atoms with Crippen molar-refractivity contribution in [2.75, 3.05) is 13.1 Å². The fraction of sp³-hybridized carbons (Fsp3) is 0.364. The summed E-state index contributed by atoms with van der Waals surface area (Å²) >= 11 is 0. The summed E-state index contributed by atoms with van der Waals surface area (Å²) < 4.78 is 0. The average molecular weight is 396 g/mol. The molecule has 146 valence electrons. The van der Waals surface area contributed by atoms with E-state index in [0.717, 1.165) is 29.7 Å². The maximum Gasteiger partial charge on any atom is 0.155 e. The Balaban J connectivity index is 0.00000192. The molecule has 6 heteroatoms.